The molecule has 2 N–H and O–H groups in total. The van der Waals surface area contributed by atoms with Crippen LogP contribution in [0.4, 0.5) is 0 Å². The molecule has 13 heavy (non-hydrogen) atoms. The van der Waals surface area contributed by atoms with Crippen LogP contribution < -0.4 is 5.73 Å². The van der Waals surface area contributed by atoms with Gasteiger partial charge >= 0.3 is 0 Å². The van der Waals surface area contributed by atoms with E-state index in [-0.39, 0.29) is 0 Å². The van der Waals surface area contributed by atoms with Gasteiger partial charge in [-0.1, -0.05) is 6.07 Å². The fraction of sp³-hybridized carbons (Fsp3) is 0.111. The average Bonchev–Trinajstić information content (AvgIpc) is 2.67. The molecule has 2 rings (SSSR count). The van der Waals surface area contributed by atoms with E-state index in [2.05, 4.69) is 9.97 Å². The number of thiazole rings is 1. The summed E-state index contributed by atoms with van der Waals surface area (Å²) >= 11 is 1.57. The lowest BCUT2D eigenvalue weighted by molar-refractivity contribution is 1.01. The number of hydrogen-bond acceptors (Lipinski definition) is 4. The molecule has 0 aliphatic rings. The van der Waals surface area contributed by atoms with Crippen molar-refractivity contribution in [3.05, 3.63) is 35.6 Å². The zero-order valence-corrected chi connectivity index (χ0v) is 7.79. The topological polar surface area (TPSA) is 51.8 Å². The number of hydrogen-bond donors (Lipinski definition) is 1. The molecule has 2 aromatic rings. The van der Waals surface area contributed by atoms with Crippen LogP contribution in [0.15, 0.2) is 29.9 Å². The second-order valence-corrected chi connectivity index (χ2v) is 3.40. The molecule has 0 unspecified atom stereocenters. The first-order chi connectivity index (χ1) is 6.42. The monoisotopic (exact) mass is 191 g/mol. The zero-order chi connectivity index (χ0) is 9.10. The molecule has 0 saturated heterocycles. The highest BCUT2D eigenvalue weighted by Crippen LogP contribution is 2.24. The maximum absolute atomic E-state index is 5.55. The van der Waals surface area contributed by atoms with E-state index in [9.17, 15) is 0 Å². The third kappa shape index (κ3) is 1.59. The van der Waals surface area contributed by atoms with E-state index in [0.717, 1.165) is 16.3 Å². The minimum Gasteiger partial charge on any atom is -0.325 e. The standard InChI is InChI=1S/C9H9N3S/c10-5-8-9(13-6-12-8)7-3-1-2-4-11-7/h1-4,6H,5,10H2. The Bertz CT molecular complexity index is 383. The fourth-order valence-corrected chi connectivity index (χ4v) is 1.92. The normalized spacial score (nSPS) is 10.2. The second-order valence-electron chi connectivity index (χ2n) is 2.55. The molecule has 0 amide bonds. The molecule has 0 atom stereocenters. The number of pyridine rings is 1. The van der Waals surface area contributed by atoms with Gasteiger partial charge in [-0.2, -0.15) is 0 Å². The van der Waals surface area contributed by atoms with Gasteiger partial charge in [-0.3, -0.25) is 4.98 Å². The molecular formula is C9H9N3S. The first-order valence-corrected chi connectivity index (χ1v) is 4.83. The summed E-state index contributed by atoms with van der Waals surface area (Å²) in [5, 5.41) is 0. The lowest BCUT2D eigenvalue weighted by Crippen LogP contribution is -1.98. The Kier molecular flexibility index (Phi) is 2.33. The molecule has 0 spiro atoms. The van der Waals surface area contributed by atoms with Gasteiger partial charge in [0.25, 0.3) is 0 Å². The quantitative estimate of drug-likeness (QED) is 0.785. The van der Waals surface area contributed by atoms with Crippen molar-refractivity contribution in [3.63, 3.8) is 0 Å². The van der Waals surface area contributed by atoms with Crippen molar-refractivity contribution in [3.8, 4) is 10.6 Å². The Balaban J connectivity index is 2.47. The highest BCUT2D eigenvalue weighted by Gasteiger charge is 2.06. The van der Waals surface area contributed by atoms with Crippen LogP contribution in [0, 0.1) is 0 Å². The molecular weight excluding hydrogens is 182 g/mol. The summed E-state index contributed by atoms with van der Waals surface area (Å²) in [6, 6.07) is 5.82. The van der Waals surface area contributed by atoms with E-state index in [4.69, 9.17) is 5.73 Å². The molecule has 66 valence electrons. The Morgan fingerprint density at radius 3 is 2.92 bits per heavy atom. The third-order valence-electron chi connectivity index (χ3n) is 1.73. The fourth-order valence-electron chi connectivity index (χ4n) is 1.12. The van der Waals surface area contributed by atoms with Gasteiger partial charge in [0.2, 0.25) is 0 Å². The Labute approximate surface area is 80.3 Å². The molecule has 0 bridgehead atoms. The van der Waals surface area contributed by atoms with Gasteiger partial charge in [0.15, 0.2) is 0 Å². The van der Waals surface area contributed by atoms with Crippen molar-refractivity contribution in [2.45, 2.75) is 6.54 Å². The SMILES string of the molecule is NCc1ncsc1-c1ccccn1. The average molecular weight is 191 g/mol. The van der Waals surface area contributed by atoms with Gasteiger partial charge < -0.3 is 5.73 Å². The molecule has 0 aromatic carbocycles. The molecule has 0 saturated carbocycles. The summed E-state index contributed by atoms with van der Waals surface area (Å²) in [6.45, 7) is 0.468. The summed E-state index contributed by atoms with van der Waals surface area (Å²) in [5.41, 5.74) is 9.22. The van der Waals surface area contributed by atoms with Crippen LogP contribution in [0.3, 0.4) is 0 Å². The predicted molar refractivity (Wildman–Crippen MR) is 53.2 cm³/mol. The molecule has 2 heterocycles. The maximum Gasteiger partial charge on any atom is 0.0821 e. The zero-order valence-electron chi connectivity index (χ0n) is 6.97. The third-order valence-corrected chi connectivity index (χ3v) is 2.62. The number of nitrogens with two attached hydrogens (primary N) is 1. The summed E-state index contributed by atoms with van der Waals surface area (Å²) in [6.07, 6.45) is 1.77. The van der Waals surface area contributed by atoms with E-state index in [1.54, 1.807) is 23.0 Å². The van der Waals surface area contributed by atoms with Crippen molar-refractivity contribution in [2.24, 2.45) is 5.73 Å². The first-order valence-electron chi connectivity index (χ1n) is 3.95. The summed E-state index contributed by atoms with van der Waals surface area (Å²) in [5.74, 6) is 0. The van der Waals surface area contributed by atoms with E-state index in [1.165, 1.54) is 0 Å². The highest BCUT2D eigenvalue weighted by molar-refractivity contribution is 7.13. The molecule has 0 fully saturated rings. The van der Waals surface area contributed by atoms with Gasteiger partial charge in [0.05, 0.1) is 21.8 Å². The Morgan fingerprint density at radius 1 is 1.31 bits per heavy atom. The summed E-state index contributed by atoms with van der Waals surface area (Å²) in [4.78, 5) is 9.48. The molecule has 0 aliphatic carbocycles. The smallest absolute Gasteiger partial charge is 0.0821 e. The van der Waals surface area contributed by atoms with E-state index in [1.807, 2.05) is 18.2 Å². The second kappa shape index (κ2) is 3.64. The molecule has 0 aliphatic heterocycles. The minimum absolute atomic E-state index is 0.468. The van der Waals surface area contributed by atoms with Crippen molar-refractivity contribution in [1.82, 2.24) is 9.97 Å². The van der Waals surface area contributed by atoms with Crippen LogP contribution in [-0.4, -0.2) is 9.97 Å². The van der Waals surface area contributed by atoms with Crippen LogP contribution in [0.2, 0.25) is 0 Å². The maximum atomic E-state index is 5.55. The number of nitrogens with zero attached hydrogens (tertiary/aromatic N) is 2. The van der Waals surface area contributed by atoms with Gasteiger partial charge in [-0.15, -0.1) is 11.3 Å². The van der Waals surface area contributed by atoms with E-state index in [0.29, 0.717) is 6.54 Å². The summed E-state index contributed by atoms with van der Waals surface area (Å²) in [7, 11) is 0. The van der Waals surface area contributed by atoms with Gasteiger partial charge in [-0.05, 0) is 12.1 Å². The Morgan fingerprint density at radius 2 is 2.23 bits per heavy atom. The predicted octanol–water partition coefficient (Wildman–Crippen LogP) is 1.66. The lowest BCUT2D eigenvalue weighted by atomic mass is 10.2. The lowest BCUT2D eigenvalue weighted by Gasteiger charge is -1.97. The highest BCUT2D eigenvalue weighted by atomic mass is 32.1. The number of aromatic nitrogens is 2. The van der Waals surface area contributed by atoms with Crippen molar-refractivity contribution < 1.29 is 0 Å². The van der Waals surface area contributed by atoms with Crippen molar-refractivity contribution in [2.75, 3.05) is 0 Å². The summed E-state index contributed by atoms with van der Waals surface area (Å²) < 4.78 is 0. The molecule has 0 radical (unpaired) electrons. The van der Waals surface area contributed by atoms with Crippen LogP contribution in [-0.2, 0) is 6.54 Å². The van der Waals surface area contributed by atoms with Crippen LogP contribution >= 0.6 is 11.3 Å². The Hall–Kier alpha value is -1.26. The first kappa shape index (κ1) is 8.34. The van der Waals surface area contributed by atoms with Crippen LogP contribution in [0.5, 0.6) is 0 Å². The molecule has 2 aromatic heterocycles. The van der Waals surface area contributed by atoms with Gasteiger partial charge in [0, 0.05) is 12.7 Å². The van der Waals surface area contributed by atoms with E-state index >= 15 is 0 Å². The minimum atomic E-state index is 0.468. The van der Waals surface area contributed by atoms with Gasteiger partial charge in [0.1, 0.15) is 0 Å². The van der Waals surface area contributed by atoms with Crippen molar-refractivity contribution in [1.29, 1.82) is 0 Å². The molecule has 3 nitrogen and oxygen atoms in total. The van der Waals surface area contributed by atoms with Crippen LogP contribution in [0.1, 0.15) is 5.69 Å². The van der Waals surface area contributed by atoms with E-state index < -0.39 is 0 Å². The van der Waals surface area contributed by atoms with Crippen LogP contribution in [0.25, 0.3) is 10.6 Å². The number of rotatable bonds is 2. The molecule has 4 heteroatoms. The largest absolute Gasteiger partial charge is 0.325 e. The van der Waals surface area contributed by atoms with Gasteiger partial charge in [-0.25, -0.2) is 4.98 Å². The van der Waals surface area contributed by atoms with Crippen molar-refractivity contribution >= 4 is 11.3 Å².